The van der Waals surface area contributed by atoms with Gasteiger partial charge in [0.15, 0.2) is 0 Å². The highest BCUT2D eigenvalue weighted by molar-refractivity contribution is 7.89. The maximum Gasteiger partial charge on any atom is 0.322 e. The van der Waals surface area contributed by atoms with Crippen molar-refractivity contribution in [2.75, 3.05) is 25.5 Å². The Hall–Kier alpha value is -2.30. The first-order valence-corrected chi connectivity index (χ1v) is 10.5. The number of carbonyl (C=O) groups excluding carboxylic acids is 1. The second-order valence-electron chi connectivity index (χ2n) is 7.18. The number of piperidine rings is 1. The largest absolute Gasteiger partial charge is 0.405 e. The zero-order chi connectivity index (χ0) is 20.3. The maximum absolute atomic E-state index is 12.9. The van der Waals surface area contributed by atoms with Crippen LogP contribution < -0.4 is 5.32 Å². The minimum absolute atomic E-state index is 0.0509. The second-order valence-corrected chi connectivity index (χ2v) is 9.12. The van der Waals surface area contributed by atoms with Crippen molar-refractivity contribution in [3.8, 4) is 0 Å². The molecule has 1 aromatic carbocycles. The van der Waals surface area contributed by atoms with Gasteiger partial charge in [-0.2, -0.15) is 4.31 Å². The monoisotopic (exact) mass is 408 g/mol. The van der Waals surface area contributed by atoms with E-state index in [1.54, 1.807) is 0 Å². The number of anilines is 1. The summed E-state index contributed by atoms with van der Waals surface area (Å²) in [5.41, 5.74) is 0.283. The summed E-state index contributed by atoms with van der Waals surface area (Å²) in [5, 5.41) is 9.90. The van der Waals surface area contributed by atoms with Gasteiger partial charge in [0.1, 0.15) is 6.61 Å². The molecule has 152 valence electrons. The van der Waals surface area contributed by atoms with Crippen LogP contribution in [0.25, 0.3) is 0 Å². The maximum atomic E-state index is 12.9. The van der Waals surface area contributed by atoms with Crippen LogP contribution in [-0.2, 0) is 21.4 Å². The van der Waals surface area contributed by atoms with Gasteiger partial charge in [0.25, 0.3) is 5.91 Å². The van der Waals surface area contributed by atoms with E-state index in [0.717, 1.165) is 6.42 Å². The van der Waals surface area contributed by atoms with Crippen LogP contribution in [0.3, 0.4) is 0 Å². The summed E-state index contributed by atoms with van der Waals surface area (Å²) in [4.78, 5) is 12.5. The topological polar surface area (TPSA) is 115 Å². The van der Waals surface area contributed by atoms with Crippen molar-refractivity contribution < 1.29 is 22.4 Å². The van der Waals surface area contributed by atoms with Gasteiger partial charge in [0.05, 0.1) is 4.90 Å². The Balaban J connectivity index is 1.70. The number of nitrogens with zero attached hydrogens (tertiary/aromatic N) is 3. The van der Waals surface area contributed by atoms with Crippen molar-refractivity contribution in [1.82, 2.24) is 14.5 Å². The fourth-order valence-electron chi connectivity index (χ4n) is 3.38. The van der Waals surface area contributed by atoms with Gasteiger partial charge in [-0.1, -0.05) is 18.9 Å². The van der Waals surface area contributed by atoms with Crippen molar-refractivity contribution in [3.63, 3.8) is 0 Å². The zero-order valence-electron chi connectivity index (χ0n) is 16.1. The van der Waals surface area contributed by atoms with E-state index in [-0.39, 0.29) is 29.0 Å². The zero-order valence-corrected chi connectivity index (χ0v) is 16.9. The lowest BCUT2D eigenvalue weighted by atomic mass is 9.94. The summed E-state index contributed by atoms with van der Waals surface area (Å²) >= 11 is 0. The molecule has 28 heavy (non-hydrogen) atoms. The highest BCUT2D eigenvalue weighted by Gasteiger charge is 2.31. The summed E-state index contributed by atoms with van der Waals surface area (Å²) in [5.74, 6) is 0.406. The Morgan fingerprint density at radius 2 is 1.86 bits per heavy atom. The molecule has 1 saturated heterocycles. The van der Waals surface area contributed by atoms with Gasteiger partial charge >= 0.3 is 6.01 Å². The number of hydrogen-bond donors (Lipinski definition) is 1. The number of benzene rings is 1. The summed E-state index contributed by atoms with van der Waals surface area (Å²) in [7, 11) is -2.10. The molecule has 1 aliphatic rings. The van der Waals surface area contributed by atoms with Crippen LogP contribution in [0.15, 0.2) is 33.6 Å². The van der Waals surface area contributed by atoms with E-state index in [9.17, 15) is 13.2 Å². The number of aromatic nitrogens is 2. The molecule has 2 heterocycles. The number of methoxy groups -OCH3 is 1. The van der Waals surface area contributed by atoms with Crippen molar-refractivity contribution in [3.05, 3.63) is 35.7 Å². The van der Waals surface area contributed by atoms with E-state index in [0.29, 0.717) is 24.9 Å². The molecule has 2 atom stereocenters. The average molecular weight is 408 g/mol. The van der Waals surface area contributed by atoms with Crippen molar-refractivity contribution in [2.24, 2.45) is 11.8 Å². The minimum Gasteiger partial charge on any atom is -0.405 e. The molecular weight excluding hydrogens is 384 g/mol. The summed E-state index contributed by atoms with van der Waals surface area (Å²) in [6, 6.07) is 5.76. The number of ether oxygens (including phenoxy) is 1. The number of hydrogen-bond acceptors (Lipinski definition) is 7. The number of rotatable bonds is 6. The lowest BCUT2D eigenvalue weighted by molar-refractivity contribution is 0.102. The predicted molar refractivity (Wildman–Crippen MR) is 101 cm³/mol. The van der Waals surface area contributed by atoms with E-state index in [1.165, 1.54) is 35.7 Å². The Morgan fingerprint density at radius 1 is 1.21 bits per heavy atom. The summed E-state index contributed by atoms with van der Waals surface area (Å²) in [6.45, 7) is 5.28. The molecule has 0 unspecified atom stereocenters. The molecule has 10 heteroatoms. The molecule has 1 N–H and O–H groups in total. The molecule has 0 aliphatic carbocycles. The highest BCUT2D eigenvalue weighted by Crippen LogP contribution is 2.26. The van der Waals surface area contributed by atoms with Crippen LogP contribution in [0.5, 0.6) is 0 Å². The van der Waals surface area contributed by atoms with E-state index < -0.39 is 15.9 Å². The SMILES string of the molecule is COCc1nnc(NC(=O)c2ccc(S(=O)(=O)N3C[C@H](C)C[C@@H](C)C3)cc2)o1. The molecule has 2 aromatic rings. The molecule has 3 rings (SSSR count). The Morgan fingerprint density at radius 3 is 2.46 bits per heavy atom. The standard InChI is InChI=1S/C18H24N4O5S/c1-12-8-13(2)10-22(9-12)28(24,25)15-6-4-14(5-7-15)17(23)19-18-21-20-16(27-18)11-26-3/h4-7,12-13H,8-11H2,1-3H3,(H,19,21,23)/t12-,13-/m1/s1. The molecule has 1 aliphatic heterocycles. The number of sulfonamides is 1. The lowest BCUT2D eigenvalue weighted by Gasteiger charge is -2.34. The van der Waals surface area contributed by atoms with E-state index >= 15 is 0 Å². The fourth-order valence-corrected chi connectivity index (χ4v) is 5.06. The Labute approximate surface area is 164 Å². The first kappa shape index (κ1) is 20.4. The number of amides is 1. The summed E-state index contributed by atoms with van der Waals surface area (Å²) in [6.07, 6.45) is 1.02. The lowest BCUT2D eigenvalue weighted by Crippen LogP contribution is -2.42. The molecule has 0 bridgehead atoms. The minimum atomic E-state index is -3.59. The molecule has 0 radical (unpaired) electrons. The van der Waals surface area contributed by atoms with Crippen LogP contribution in [0.2, 0.25) is 0 Å². The number of carbonyl (C=O) groups is 1. The molecule has 1 aromatic heterocycles. The molecule has 9 nitrogen and oxygen atoms in total. The number of nitrogens with one attached hydrogen (secondary N) is 1. The third-order valence-corrected chi connectivity index (χ3v) is 6.39. The van der Waals surface area contributed by atoms with Crippen LogP contribution >= 0.6 is 0 Å². The van der Waals surface area contributed by atoms with Crippen molar-refractivity contribution in [1.29, 1.82) is 0 Å². The predicted octanol–water partition coefficient (Wildman–Crippen LogP) is 2.13. The molecular formula is C18H24N4O5S. The van der Waals surface area contributed by atoms with Crippen LogP contribution in [0.4, 0.5) is 6.01 Å². The quantitative estimate of drug-likeness (QED) is 0.778. The van der Waals surface area contributed by atoms with Crippen LogP contribution in [0, 0.1) is 11.8 Å². The first-order chi connectivity index (χ1) is 13.3. The van der Waals surface area contributed by atoms with Gasteiger partial charge in [0.2, 0.25) is 15.9 Å². The first-order valence-electron chi connectivity index (χ1n) is 9.02. The molecule has 1 fully saturated rings. The third kappa shape index (κ3) is 4.57. The normalized spacial score (nSPS) is 20.8. The van der Waals surface area contributed by atoms with Gasteiger partial charge < -0.3 is 9.15 Å². The third-order valence-electron chi connectivity index (χ3n) is 4.54. The molecule has 0 saturated carbocycles. The van der Waals surface area contributed by atoms with E-state index in [4.69, 9.17) is 9.15 Å². The highest BCUT2D eigenvalue weighted by atomic mass is 32.2. The van der Waals surface area contributed by atoms with Crippen molar-refractivity contribution in [2.45, 2.75) is 31.8 Å². The van der Waals surface area contributed by atoms with Gasteiger partial charge in [-0.05, 0) is 42.5 Å². The second kappa shape index (κ2) is 8.38. The van der Waals surface area contributed by atoms with Crippen molar-refractivity contribution >= 4 is 21.9 Å². The fraction of sp³-hybridized carbons (Fsp3) is 0.500. The van der Waals surface area contributed by atoms with E-state index in [1.807, 2.05) is 0 Å². The van der Waals surface area contributed by atoms with Crippen LogP contribution in [0.1, 0.15) is 36.5 Å². The smallest absolute Gasteiger partial charge is 0.322 e. The van der Waals surface area contributed by atoms with Gasteiger partial charge in [-0.3, -0.25) is 10.1 Å². The van der Waals surface area contributed by atoms with Gasteiger partial charge in [-0.25, -0.2) is 8.42 Å². The van der Waals surface area contributed by atoms with Gasteiger partial charge in [-0.15, -0.1) is 5.10 Å². The van der Waals surface area contributed by atoms with E-state index in [2.05, 4.69) is 29.4 Å². The summed E-state index contributed by atoms with van der Waals surface area (Å²) < 4.78 is 37.4. The van der Waals surface area contributed by atoms with Gasteiger partial charge in [0, 0.05) is 25.8 Å². The Kier molecular flexibility index (Phi) is 6.11. The average Bonchev–Trinajstić information content (AvgIpc) is 3.08. The Bertz CT molecular complexity index is 916. The molecule has 0 spiro atoms. The van der Waals surface area contributed by atoms with Crippen LogP contribution in [-0.4, -0.2) is 49.0 Å². The molecule has 1 amide bonds.